The number of allylic oxidation sites excluding steroid dienone is 22. The molecule has 0 rings (SSSR count). The molecule has 75 heavy (non-hydrogen) atoms. The summed E-state index contributed by atoms with van der Waals surface area (Å²) >= 11 is 0. The molecule has 0 aromatic carbocycles. The Morgan fingerprint density at radius 3 is 0.747 bits per heavy atom. The Morgan fingerprint density at radius 2 is 0.480 bits per heavy atom. The van der Waals surface area contributed by atoms with Crippen LogP contribution in [0.2, 0.25) is 0 Å². The second-order valence-corrected chi connectivity index (χ2v) is 19.8. The van der Waals surface area contributed by atoms with E-state index in [2.05, 4.69) is 154 Å². The first-order valence-electron chi connectivity index (χ1n) is 30.7. The van der Waals surface area contributed by atoms with E-state index in [0.717, 1.165) is 161 Å². The molecule has 0 spiro atoms. The van der Waals surface area contributed by atoms with Crippen LogP contribution in [0.1, 0.15) is 265 Å². The van der Waals surface area contributed by atoms with Gasteiger partial charge in [0, 0.05) is 19.3 Å². The largest absolute Gasteiger partial charge is 0.462 e. The Morgan fingerprint density at radius 1 is 0.267 bits per heavy atom. The van der Waals surface area contributed by atoms with E-state index < -0.39 is 6.10 Å². The van der Waals surface area contributed by atoms with Gasteiger partial charge in [0.25, 0.3) is 0 Å². The van der Waals surface area contributed by atoms with Crippen molar-refractivity contribution in [2.75, 3.05) is 13.2 Å². The zero-order chi connectivity index (χ0) is 54.3. The summed E-state index contributed by atoms with van der Waals surface area (Å²) in [5.41, 5.74) is 0. The second-order valence-electron chi connectivity index (χ2n) is 19.8. The Kier molecular flexibility index (Phi) is 58.4. The predicted octanol–water partition coefficient (Wildman–Crippen LogP) is 21.0. The third-order valence-electron chi connectivity index (χ3n) is 12.6. The molecule has 6 heteroatoms. The molecule has 0 N–H and O–H groups in total. The summed E-state index contributed by atoms with van der Waals surface area (Å²) < 4.78 is 16.9. The third kappa shape index (κ3) is 60.3. The van der Waals surface area contributed by atoms with Gasteiger partial charge >= 0.3 is 17.9 Å². The molecule has 0 aliphatic rings. The smallest absolute Gasteiger partial charge is 0.306 e. The number of hydrogen-bond donors (Lipinski definition) is 0. The molecule has 0 aromatic heterocycles. The second kappa shape index (κ2) is 62.1. The molecule has 1 unspecified atom stereocenters. The lowest BCUT2D eigenvalue weighted by atomic mass is 10.0. The number of esters is 3. The monoisotopic (exact) mass is 1040 g/mol. The van der Waals surface area contributed by atoms with Crippen LogP contribution in [-0.2, 0) is 28.6 Å². The maximum Gasteiger partial charge on any atom is 0.306 e. The highest BCUT2D eigenvalue weighted by atomic mass is 16.6. The lowest BCUT2D eigenvalue weighted by Gasteiger charge is -2.18. The van der Waals surface area contributed by atoms with Gasteiger partial charge in [-0.05, 0) is 128 Å². The Labute approximate surface area is 462 Å². The summed E-state index contributed by atoms with van der Waals surface area (Å²) in [6.07, 6.45) is 87.4. The van der Waals surface area contributed by atoms with Crippen molar-refractivity contribution in [1.29, 1.82) is 0 Å². The van der Waals surface area contributed by atoms with Crippen molar-refractivity contribution < 1.29 is 28.6 Å². The number of ether oxygens (including phenoxy) is 3. The van der Waals surface area contributed by atoms with Crippen LogP contribution in [0, 0.1) is 0 Å². The number of rotatable bonds is 54. The van der Waals surface area contributed by atoms with Gasteiger partial charge in [0.05, 0.1) is 0 Å². The van der Waals surface area contributed by atoms with Crippen molar-refractivity contribution in [3.05, 3.63) is 134 Å². The van der Waals surface area contributed by atoms with Crippen LogP contribution < -0.4 is 0 Å². The van der Waals surface area contributed by atoms with Crippen molar-refractivity contribution in [2.45, 2.75) is 271 Å². The molecular weight excluding hydrogens is 925 g/mol. The summed E-state index contributed by atoms with van der Waals surface area (Å²) in [7, 11) is 0. The fraction of sp³-hybridized carbons (Fsp3) is 0.638. The summed E-state index contributed by atoms with van der Waals surface area (Å²) in [5, 5.41) is 0. The van der Waals surface area contributed by atoms with Crippen molar-refractivity contribution in [3.8, 4) is 0 Å². The minimum absolute atomic E-state index is 0.0982. The van der Waals surface area contributed by atoms with Gasteiger partial charge in [0.2, 0.25) is 0 Å². The van der Waals surface area contributed by atoms with E-state index in [4.69, 9.17) is 14.2 Å². The van der Waals surface area contributed by atoms with Crippen LogP contribution >= 0.6 is 0 Å². The Balaban J connectivity index is 4.39. The van der Waals surface area contributed by atoms with E-state index in [-0.39, 0.29) is 31.1 Å². The lowest BCUT2D eigenvalue weighted by Crippen LogP contribution is -2.30. The topological polar surface area (TPSA) is 78.9 Å². The summed E-state index contributed by atoms with van der Waals surface area (Å²) in [5.74, 6) is -0.941. The van der Waals surface area contributed by atoms with E-state index in [9.17, 15) is 14.4 Å². The molecule has 0 fully saturated rings. The van der Waals surface area contributed by atoms with Gasteiger partial charge in [0.1, 0.15) is 13.2 Å². The van der Waals surface area contributed by atoms with Gasteiger partial charge in [-0.25, -0.2) is 0 Å². The molecule has 0 aliphatic carbocycles. The molecular formula is C69H112O6. The van der Waals surface area contributed by atoms with Gasteiger partial charge in [-0.2, -0.15) is 0 Å². The number of hydrogen-bond acceptors (Lipinski definition) is 6. The first-order chi connectivity index (χ1) is 37.0. The van der Waals surface area contributed by atoms with Crippen LogP contribution in [0.15, 0.2) is 134 Å². The number of carbonyl (C=O) groups is 3. The van der Waals surface area contributed by atoms with Crippen LogP contribution in [0.5, 0.6) is 0 Å². The highest BCUT2D eigenvalue weighted by Gasteiger charge is 2.19. The lowest BCUT2D eigenvalue weighted by molar-refractivity contribution is -0.167. The summed E-state index contributed by atoms with van der Waals surface area (Å²) in [4.78, 5) is 38.3. The molecule has 0 saturated carbocycles. The van der Waals surface area contributed by atoms with Crippen molar-refractivity contribution in [2.24, 2.45) is 0 Å². The zero-order valence-corrected chi connectivity index (χ0v) is 48.5. The van der Waals surface area contributed by atoms with Gasteiger partial charge in [-0.1, -0.05) is 251 Å². The van der Waals surface area contributed by atoms with E-state index in [1.807, 2.05) is 0 Å². The van der Waals surface area contributed by atoms with Gasteiger partial charge < -0.3 is 14.2 Å². The summed E-state index contributed by atoms with van der Waals surface area (Å²) in [6, 6.07) is 0. The Bertz CT molecular complexity index is 1620. The zero-order valence-electron chi connectivity index (χ0n) is 48.5. The molecule has 6 nitrogen and oxygen atoms in total. The van der Waals surface area contributed by atoms with E-state index in [0.29, 0.717) is 19.3 Å². The normalized spacial score (nSPS) is 13.1. The highest BCUT2D eigenvalue weighted by molar-refractivity contribution is 5.71. The van der Waals surface area contributed by atoms with E-state index >= 15 is 0 Å². The molecule has 424 valence electrons. The Hall–Kier alpha value is -4.45. The van der Waals surface area contributed by atoms with E-state index in [1.54, 1.807) is 0 Å². The SMILES string of the molecule is CC/C=C\C/C=C\C/C=C\C/C=C\CCCCCCCCCCCCCCC(=O)OCC(COC(=O)CCCCCCC/C=C\C/C=C\C/C=C\CC)OC(=O)CCCCCC/C=C\C/C=C\C/C=C\C/C=C\CC. The average molecular weight is 1040 g/mol. The minimum atomic E-state index is -0.805. The maximum atomic E-state index is 12.9. The van der Waals surface area contributed by atoms with Crippen molar-refractivity contribution in [3.63, 3.8) is 0 Å². The average Bonchev–Trinajstić information content (AvgIpc) is 3.41. The van der Waals surface area contributed by atoms with Crippen molar-refractivity contribution >= 4 is 17.9 Å². The predicted molar refractivity (Wildman–Crippen MR) is 325 cm³/mol. The molecule has 1 atom stereocenters. The number of unbranched alkanes of at least 4 members (excludes halogenated alkanes) is 21. The quantitative estimate of drug-likeness (QED) is 0.0261. The molecule has 0 bridgehead atoms. The summed E-state index contributed by atoms with van der Waals surface area (Å²) in [6.45, 7) is 6.27. The molecule has 0 saturated heterocycles. The van der Waals surface area contributed by atoms with Crippen LogP contribution in [0.4, 0.5) is 0 Å². The molecule has 0 amide bonds. The van der Waals surface area contributed by atoms with E-state index in [1.165, 1.54) is 64.2 Å². The van der Waals surface area contributed by atoms with Crippen LogP contribution in [0.25, 0.3) is 0 Å². The molecule has 0 heterocycles. The van der Waals surface area contributed by atoms with Crippen LogP contribution in [0.3, 0.4) is 0 Å². The highest BCUT2D eigenvalue weighted by Crippen LogP contribution is 2.15. The molecule has 0 aliphatic heterocycles. The molecule has 0 radical (unpaired) electrons. The third-order valence-corrected chi connectivity index (χ3v) is 12.6. The maximum absolute atomic E-state index is 12.9. The fourth-order valence-electron chi connectivity index (χ4n) is 8.15. The first kappa shape index (κ1) is 70.5. The fourth-order valence-corrected chi connectivity index (χ4v) is 8.15. The van der Waals surface area contributed by atoms with Crippen molar-refractivity contribution in [1.82, 2.24) is 0 Å². The van der Waals surface area contributed by atoms with Crippen LogP contribution in [-0.4, -0.2) is 37.2 Å². The number of carbonyl (C=O) groups excluding carboxylic acids is 3. The standard InChI is InChI=1S/C69H112O6/c1-4-7-10-13-16-19-22-25-28-30-31-32-33-34-35-36-37-39-41-44-47-50-53-56-59-62-68(71)74-65-66(64-73-67(70)61-58-55-52-49-46-43-40-27-24-21-18-15-12-9-6-3)75-69(72)63-60-57-54-51-48-45-42-38-29-26-23-20-17-14-11-8-5-2/h7-12,16-21,25-29,31-32,40,42,45,66H,4-6,13-15,22-24,30,33-39,41,43-44,46-65H2,1-3H3/b10-7-,11-8-,12-9-,19-16-,20-17-,21-18-,28-25-,29-26-,32-31-,40-27-,45-42-. The van der Waals surface area contributed by atoms with Gasteiger partial charge in [-0.15, -0.1) is 0 Å². The van der Waals surface area contributed by atoms with Gasteiger partial charge in [0.15, 0.2) is 6.10 Å². The van der Waals surface area contributed by atoms with Gasteiger partial charge in [-0.3, -0.25) is 14.4 Å². The molecule has 0 aromatic rings. The minimum Gasteiger partial charge on any atom is -0.462 e. The first-order valence-corrected chi connectivity index (χ1v) is 30.7.